The maximum atomic E-state index is 13.2. The number of rotatable bonds is 7. The molecule has 0 aliphatic carbocycles. The van der Waals surface area contributed by atoms with Crippen LogP contribution in [-0.2, 0) is 11.2 Å². The fourth-order valence-corrected chi connectivity index (χ4v) is 4.26. The average Bonchev–Trinajstić information content (AvgIpc) is 3.10. The van der Waals surface area contributed by atoms with Gasteiger partial charge in [0.05, 0.1) is 16.6 Å². The number of hydrogen-bond acceptors (Lipinski definition) is 4. The number of carbonyl (C=O) groups is 1. The van der Waals surface area contributed by atoms with E-state index in [9.17, 15) is 9.18 Å². The molecule has 28 heavy (non-hydrogen) atoms. The molecule has 0 atom stereocenters. The quantitative estimate of drug-likeness (QED) is 0.583. The van der Waals surface area contributed by atoms with Gasteiger partial charge >= 0.3 is 0 Å². The van der Waals surface area contributed by atoms with Crippen LogP contribution in [0.2, 0.25) is 0 Å². The van der Waals surface area contributed by atoms with Gasteiger partial charge in [-0.25, -0.2) is 9.37 Å². The summed E-state index contributed by atoms with van der Waals surface area (Å²) in [5.74, 6) is -0.309. The predicted octanol–water partition coefficient (Wildman–Crippen LogP) is 4.58. The molecule has 6 heteroatoms. The summed E-state index contributed by atoms with van der Waals surface area (Å²) in [7, 11) is 4.05. The number of aryl methyl sites for hydroxylation is 2. The number of hydrogen-bond donors (Lipinski definition) is 0. The van der Waals surface area contributed by atoms with Crippen molar-refractivity contribution in [3.8, 4) is 0 Å². The van der Waals surface area contributed by atoms with Crippen LogP contribution in [0.3, 0.4) is 0 Å². The first-order valence-electron chi connectivity index (χ1n) is 9.41. The highest BCUT2D eigenvalue weighted by Gasteiger charge is 2.21. The molecule has 3 aromatic rings. The molecule has 0 saturated carbocycles. The van der Waals surface area contributed by atoms with E-state index in [1.807, 2.05) is 21.0 Å². The lowest BCUT2D eigenvalue weighted by Gasteiger charge is -2.21. The van der Waals surface area contributed by atoms with Crippen LogP contribution < -0.4 is 4.90 Å². The molecule has 0 aliphatic heterocycles. The summed E-state index contributed by atoms with van der Waals surface area (Å²) in [5, 5.41) is 0.735. The minimum absolute atomic E-state index is 0.0141. The van der Waals surface area contributed by atoms with Gasteiger partial charge in [0.1, 0.15) is 5.82 Å². The second-order valence-corrected chi connectivity index (χ2v) is 8.36. The van der Waals surface area contributed by atoms with E-state index in [2.05, 4.69) is 24.0 Å². The number of carbonyl (C=O) groups excluding carboxylic acids is 1. The van der Waals surface area contributed by atoms with Crippen molar-refractivity contribution in [3.63, 3.8) is 0 Å². The Kier molecular flexibility index (Phi) is 6.42. The summed E-state index contributed by atoms with van der Waals surface area (Å²) in [5.41, 5.74) is 4.05. The molecule has 1 heterocycles. The molecule has 0 saturated heterocycles. The molecule has 148 valence electrons. The minimum Gasteiger partial charge on any atom is -0.309 e. The van der Waals surface area contributed by atoms with Crippen molar-refractivity contribution in [1.82, 2.24) is 9.88 Å². The first kappa shape index (κ1) is 20.4. The van der Waals surface area contributed by atoms with Gasteiger partial charge in [-0.1, -0.05) is 35.6 Å². The SMILES string of the molecule is Cc1ccc(C)c2sc(N(CCCN(C)C)C(=O)Cc3ccc(F)cc3)nc12. The van der Waals surface area contributed by atoms with Gasteiger partial charge in [0.2, 0.25) is 5.91 Å². The number of halogens is 1. The molecule has 0 bridgehead atoms. The summed E-state index contributed by atoms with van der Waals surface area (Å²) in [4.78, 5) is 21.8. The van der Waals surface area contributed by atoms with Gasteiger partial charge in [-0.3, -0.25) is 9.69 Å². The summed E-state index contributed by atoms with van der Waals surface area (Å²) in [6.45, 7) is 5.61. The molecule has 0 fully saturated rings. The summed E-state index contributed by atoms with van der Waals surface area (Å²) in [6, 6.07) is 10.3. The van der Waals surface area contributed by atoms with Crippen LogP contribution in [-0.4, -0.2) is 43.0 Å². The van der Waals surface area contributed by atoms with Gasteiger partial charge in [-0.05, 0) is 69.7 Å². The number of nitrogens with zero attached hydrogens (tertiary/aromatic N) is 3. The summed E-state index contributed by atoms with van der Waals surface area (Å²) < 4.78 is 14.3. The third-order valence-electron chi connectivity index (χ3n) is 4.72. The normalized spacial score (nSPS) is 11.4. The monoisotopic (exact) mass is 399 g/mol. The van der Waals surface area contributed by atoms with Crippen LogP contribution in [0, 0.1) is 19.7 Å². The molecule has 0 radical (unpaired) electrons. The van der Waals surface area contributed by atoms with Gasteiger partial charge in [-0.15, -0.1) is 0 Å². The zero-order chi connectivity index (χ0) is 20.3. The Labute approximate surface area is 169 Å². The Morgan fingerprint density at radius 3 is 2.36 bits per heavy atom. The van der Waals surface area contributed by atoms with Crippen LogP contribution in [0.1, 0.15) is 23.1 Å². The Balaban J connectivity index is 1.89. The summed E-state index contributed by atoms with van der Waals surface area (Å²) >= 11 is 1.57. The smallest absolute Gasteiger partial charge is 0.233 e. The molecule has 0 spiro atoms. The molecule has 1 amide bonds. The Morgan fingerprint density at radius 1 is 1.04 bits per heavy atom. The molecule has 4 nitrogen and oxygen atoms in total. The number of benzene rings is 2. The average molecular weight is 400 g/mol. The van der Waals surface area contributed by atoms with Gasteiger partial charge in [0.15, 0.2) is 5.13 Å². The van der Waals surface area contributed by atoms with Crippen LogP contribution in [0.25, 0.3) is 10.2 Å². The van der Waals surface area contributed by atoms with Gasteiger partial charge in [0.25, 0.3) is 0 Å². The zero-order valence-electron chi connectivity index (χ0n) is 16.8. The first-order valence-corrected chi connectivity index (χ1v) is 10.2. The molecule has 1 aromatic heterocycles. The number of thiazole rings is 1. The lowest BCUT2D eigenvalue weighted by Crippen LogP contribution is -2.34. The fraction of sp³-hybridized carbons (Fsp3) is 0.364. The molecule has 0 N–H and O–H groups in total. The largest absolute Gasteiger partial charge is 0.309 e. The highest BCUT2D eigenvalue weighted by Crippen LogP contribution is 2.33. The van der Waals surface area contributed by atoms with E-state index < -0.39 is 0 Å². The lowest BCUT2D eigenvalue weighted by molar-refractivity contribution is -0.118. The van der Waals surface area contributed by atoms with Crippen molar-refractivity contribution < 1.29 is 9.18 Å². The second-order valence-electron chi connectivity index (χ2n) is 7.38. The number of amides is 1. The molecule has 0 unspecified atom stereocenters. The lowest BCUT2D eigenvalue weighted by atomic mass is 10.1. The van der Waals surface area contributed by atoms with Crippen molar-refractivity contribution in [1.29, 1.82) is 0 Å². The van der Waals surface area contributed by atoms with Crippen molar-refractivity contribution in [2.24, 2.45) is 0 Å². The van der Waals surface area contributed by atoms with E-state index in [1.165, 1.54) is 17.7 Å². The molecule has 3 rings (SSSR count). The standard InChI is InChI=1S/C22H26FN3OS/c1-15-6-7-16(2)21-20(15)24-22(28-21)26(13-5-12-25(3)4)19(27)14-17-8-10-18(23)11-9-17/h6-11H,5,12-14H2,1-4H3. The molecule has 0 aliphatic rings. The Bertz CT molecular complexity index is 927. The summed E-state index contributed by atoms with van der Waals surface area (Å²) in [6.07, 6.45) is 1.09. The van der Waals surface area contributed by atoms with Crippen molar-refractivity contribution in [2.75, 3.05) is 32.1 Å². The topological polar surface area (TPSA) is 36.4 Å². The van der Waals surface area contributed by atoms with E-state index in [0.29, 0.717) is 6.54 Å². The first-order chi connectivity index (χ1) is 13.3. The van der Waals surface area contributed by atoms with E-state index in [1.54, 1.807) is 28.4 Å². The Hall–Kier alpha value is -2.31. The number of aromatic nitrogens is 1. The minimum atomic E-state index is -0.295. The van der Waals surface area contributed by atoms with Gasteiger partial charge in [0, 0.05) is 6.54 Å². The van der Waals surface area contributed by atoms with E-state index >= 15 is 0 Å². The third-order valence-corrected chi connectivity index (χ3v) is 5.93. The maximum Gasteiger partial charge on any atom is 0.233 e. The van der Waals surface area contributed by atoms with Crippen LogP contribution in [0.4, 0.5) is 9.52 Å². The number of fused-ring (bicyclic) bond motifs is 1. The van der Waals surface area contributed by atoms with Crippen LogP contribution >= 0.6 is 11.3 Å². The third kappa shape index (κ3) is 4.75. The van der Waals surface area contributed by atoms with Gasteiger partial charge in [-0.2, -0.15) is 0 Å². The molecular formula is C22H26FN3OS. The van der Waals surface area contributed by atoms with Crippen molar-refractivity contribution in [2.45, 2.75) is 26.7 Å². The molecular weight excluding hydrogens is 373 g/mol. The maximum absolute atomic E-state index is 13.2. The second kappa shape index (κ2) is 8.80. The van der Waals surface area contributed by atoms with Crippen molar-refractivity contribution >= 4 is 32.6 Å². The highest BCUT2D eigenvalue weighted by atomic mass is 32.1. The molecule has 2 aromatic carbocycles. The zero-order valence-corrected chi connectivity index (χ0v) is 17.6. The van der Waals surface area contributed by atoms with E-state index in [0.717, 1.165) is 39.4 Å². The van der Waals surface area contributed by atoms with Crippen molar-refractivity contribution in [3.05, 3.63) is 58.9 Å². The van der Waals surface area contributed by atoms with Crippen LogP contribution in [0.5, 0.6) is 0 Å². The predicted molar refractivity (Wildman–Crippen MR) is 115 cm³/mol. The number of anilines is 1. The fourth-order valence-electron chi connectivity index (χ4n) is 3.11. The van der Waals surface area contributed by atoms with Gasteiger partial charge < -0.3 is 4.90 Å². The van der Waals surface area contributed by atoms with E-state index in [4.69, 9.17) is 4.98 Å². The highest BCUT2D eigenvalue weighted by molar-refractivity contribution is 7.22. The Morgan fingerprint density at radius 2 is 1.71 bits per heavy atom. The van der Waals surface area contributed by atoms with E-state index in [-0.39, 0.29) is 18.1 Å². The van der Waals surface area contributed by atoms with Crippen LogP contribution in [0.15, 0.2) is 36.4 Å².